The zero-order valence-electron chi connectivity index (χ0n) is 10.3. The predicted octanol–water partition coefficient (Wildman–Crippen LogP) is 1.41. The second-order valence-corrected chi connectivity index (χ2v) is 5.44. The summed E-state index contributed by atoms with van der Waals surface area (Å²) in [6.07, 6.45) is 2.50. The van der Waals surface area contributed by atoms with Crippen LogP contribution in [-0.2, 0) is 14.3 Å². The fourth-order valence-corrected chi connectivity index (χ4v) is 1.88. The summed E-state index contributed by atoms with van der Waals surface area (Å²) >= 11 is 0. The highest BCUT2D eigenvalue weighted by atomic mass is 16.6. The zero-order valence-corrected chi connectivity index (χ0v) is 10.3. The quantitative estimate of drug-likeness (QED) is 0.724. The molecule has 0 aliphatic heterocycles. The fourth-order valence-electron chi connectivity index (χ4n) is 1.88. The number of carbonyl (C=O) groups is 2. The zero-order chi connectivity index (χ0) is 12.3. The Morgan fingerprint density at radius 2 is 1.88 bits per heavy atom. The van der Waals surface area contributed by atoms with Crippen LogP contribution in [0.5, 0.6) is 0 Å². The summed E-state index contributed by atoms with van der Waals surface area (Å²) in [7, 11) is 0. The lowest BCUT2D eigenvalue weighted by Gasteiger charge is -2.28. The summed E-state index contributed by atoms with van der Waals surface area (Å²) in [5.74, 6) is 0.00652. The summed E-state index contributed by atoms with van der Waals surface area (Å²) in [4.78, 5) is 22.8. The first-order valence-corrected chi connectivity index (χ1v) is 5.80. The number of carbonyl (C=O) groups excluding carboxylic acids is 2. The van der Waals surface area contributed by atoms with E-state index in [0.29, 0.717) is 25.7 Å². The molecule has 1 rings (SSSR count). The summed E-state index contributed by atoms with van der Waals surface area (Å²) in [5, 5.41) is 0. The van der Waals surface area contributed by atoms with Gasteiger partial charge in [-0.1, -0.05) is 0 Å². The van der Waals surface area contributed by atoms with Crippen LogP contribution in [0.2, 0.25) is 0 Å². The average molecular weight is 227 g/mol. The minimum absolute atomic E-state index is 0.0903. The van der Waals surface area contributed by atoms with Gasteiger partial charge in [-0.05, 0) is 39.5 Å². The van der Waals surface area contributed by atoms with Crippen LogP contribution >= 0.6 is 0 Å². The van der Waals surface area contributed by atoms with Crippen molar-refractivity contribution in [3.05, 3.63) is 0 Å². The molecule has 0 aromatic carbocycles. The smallest absolute Gasteiger partial charge is 0.323 e. The van der Waals surface area contributed by atoms with E-state index < -0.39 is 11.6 Å². The number of ketones is 1. The highest BCUT2D eigenvalue weighted by Crippen LogP contribution is 2.25. The van der Waals surface area contributed by atoms with Crippen molar-refractivity contribution in [2.45, 2.75) is 58.1 Å². The van der Waals surface area contributed by atoms with Crippen molar-refractivity contribution in [2.75, 3.05) is 0 Å². The second kappa shape index (κ2) is 4.95. The van der Waals surface area contributed by atoms with Gasteiger partial charge in [-0.15, -0.1) is 0 Å². The minimum atomic E-state index is -0.590. The van der Waals surface area contributed by atoms with E-state index in [2.05, 4.69) is 0 Å². The molecule has 4 nitrogen and oxygen atoms in total. The maximum atomic E-state index is 11.7. The third-order valence-corrected chi connectivity index (χ3v) is 2.77. The number of hydrogen-bond donors (Lipinski definition) is 1. The van der Waals surface area contributed by atoms with Gasteiger partial charge >= 0.3 is 5.97 Å². The molecule has 1 aliphatic carbocycles. The van der Waals surface area contributed by atoms with Gasteiger partial charge in [0.2, 0.25) is 0 Å². The molecule has 0 bridgehead atoms. The van der Waals surface area contributed by atoms with Gasteiger partial charge in [-0.25, -0.2) is 0 Å². The molecule has 0 radical (unpaired) electrons. The SMILES string of the molecule is CC(C)(C)OC(=O)C(N)C1CCC(=O)CC1. The number of hydrogen-bond acceptors (Lipinski definition) is 4. The molecule has 1 unspecified atom stereocenters. The Hall–Kier alpha value is -0.900. The Kier molecular flexibility index (Phi) is 4.08. The van der Waals surface area contributed by atoms with Gasteiger partial charge in [-0.2, -0.15) is 0 Å². The highest BCUT2D eigenvalue weighted by Gasteiger charge is 2.31. The number of ether oxygens (including phenoxy) is 1. The first-order valence-electron chi connectivity index (χ1n) is 5.80. The normalized spacial score (nSPS) is 20.6. The van der Waals surface area contributed by atoms with Crippen molar-refractivity contribution in [1.82, 2.24) is 0 Å². The number of Topliss-reactive ketones (excluding diaryl/α,β-unsaturated/α-hetero) is 1. The molecule has 0 amide bonds. The Balaban J connectivity index is 2.47. The lowest BCUT2D eigenvalue weighted by atomic mass is 9.83. The maximum Gasteiger partial charge on any atom is 0.323 e. The number of rotatable bonds is 2. The molecule has 1 saturated carbocycles. The van der Waals surface area contributed by atoms with Crippen molar-refractivity contribution < 1.29 is 14.3 Å². The second-order valence-electron chi connectivity index (χ2n) is 5.44. The largest absolute Gasteiger partial charge is 0.459 e. The van der Waals surface area contributed by atoms with Crippen molar-refractivity contribution >= 4 is 11.8 Å². The van der Waals surface area contributed by atoms with Crippen LogP contribution < -0.4 is 5.73 Å². The van der Waals surface area contributed by atoms with E-state index in [-0.39, 0.29) is 17.7 Å². The molecule has 0 spiro atoms. The van der Waals surface area contributed by atoms with Gasteiger partial charge < -0.3 is 10.5 Å². The van der Waals surface area contributed by atoms with E-state index in [1.54, 1.807) is 0 Å². The monoisotopic (exact) mass is 227 g/mol. The lowest BCUT2D eigenvalue weighted by molar-refractivity contribution is -0.158. The average Bonchev–Trinajstić information content (AvgIpc) is 2.15. The molecule has 0 aromatic rings. The summed E-state index contributed by atoms with van der Waals surface area (Å²) in [6, 6.07) is -0.590. The van der Waals surface area contributed by atoms with Crippen LogP contribution in [0.25, 0.3) is 0 Å². The third kappa shape index (κ3) is 3.93. The van der Waals surface area contributed by atoms with Gasteiger partial charge in [0, 0.05) is 12.8 Å². The van der Waals surface area contributed by atoms with Crippen LogP contribution in [0.3, 0.4) is 0 Å². The molecule has 0 saturated heterocycles. The summed E-state index contributed by atoms with van der Waals surface area (Å²) < 4.78 is 5.23. The maximum absolute atomic E-state index is 11.7. The minimum Gasteiger partial charge on any atom is -0.459 e. The van der Waals surface area contributed by atoms with Gasteiger partial charge in [0.05, 0.1) is 0 Å². The van der Waals surface area contributed by atoms with Crippen LogP contribution in [0.1, 0.15) is 46.5 Å². The molecule has 4 heteroatoms. The number of esters is 1. The lowest BCUT2D eigenvalue weighted by Crippen LogP contribution is -2.43. The van der Waals surface area contributed by atoms with E-state index >= 15 is 0 Å². The molecule has 1 atom stereocenters. The summed E-state index contributed by atoms with van der Waals surface area (Å²) in [6.45, 7) is 5.46. The number of nitrogens with two attached hydrogens (primary N) is 1. The molecule has 1 aliphatic rings. The fraction of sp³-hybridized carbons (Fsp3) is 0.833. The van der Waals surface area contributed by atoms with Gasteiger partial charge in [0.25, 0.3) is 0 Å². The van der Waals surface area contributed by atoms with Crippen LogP contribution in [0.15, 0.2) is 0 Å². The van der Waals surface area contributed by atoms with Crippen molar-refractivity contribution in [1.29, 1.82) is 0 Å². The molecule has 1 fully saturated rings. The van der Waals surface area contributed by atoms with Crippen LogP contribution in [0, 0.1) is 5.92 Å². The van der Waals surface area contributed by atoms with Crippen LogP contribution in [0.4, 0.5) is 0 Å². The van der Waals surface area contributed by atoms with Gasteiger partial charge in [-0.3, -0.25) is 9.59 Å². The Morgan fingerprint density at radius 1 is 1.38 bits per heavy atom. The van der Waals surface area contributed by atoms with E-state index in [0.717, 1.165) is 0 Å². The third-order valence-electron chi connectivity index (χ3n) is 2.77. The van der Waals surface area contributed by atoms with Gasteiger partial charge in [0.15, 0.2) is 0 Å². The Labute approximate surface area is 96.5 Å². The molecular weight excluding hydrogens is 206 g/mol. The Bertz CT molecular complexity index is 270. The van der Waals surface area contributed by atoms with Gasteiger partial charge in [0.1, 0.15) is 17.4 Å². The molecule has 16 heavy (non-hydrogen) atoms. The van der Waals surface area contributed by atoms with E-state index in [4.69, 9.17) is 10.5 Å². The Morgan fingerprint density at radius 3 is 2.31 bits per heavy atom. The first-order chi connectivity index (χ1) is 7.29. The van der Waals surface area contributed by atoms with Crippen LogP contribution in [-0.4, -0.2) is 23.4 Å². The van der Waals surface area contributed by atoms with E-state index in [9.17, 15) is 9.59 Å². The molecule has 0 heterocycles. The summed E-state index contributed by atoms with van der Waals surface area (Å²) in [5.41, 5.74) is 5.36. The molecule has 2 N–H and O–H groups in total. The molecular formula is C12H21NO3. The van der Waals surface area contributed by atoms with Crippen molar-refractivity contribution in [3.63, 3.8) is 0 Å². The predicted molar refractivity (Wildman–Crippen MR) is 60.8 cm³/mol. The van der Waals surface area contributed by atoms with E-state index in [1.807, 2.05) is 20.8 Å². The van der Waals surface area contributed by atoms with Crippen molar-refractivity contribution in [3.8, 4) is 0 Å². The topological polar surface area (TPSA) is 69.4 Å². The molecule has 0 aromatic heterocycles. The highest BCUT2D eigenvalue weighted by molar-refractivity contribution is 5.80. The van der Waals surface area contributed by atoms with Crippen molar-refractivity contribution in [2.24, 2.45) is 11.7 Å². The van der Waals surface area contributed by atoms with E-state index in [1.165, 1.54) is 0 Å². The first kappa shape index (κ1) is 13.2. The molecule has 92 valence electrons. The standard InChI is InChI=1S/C12H21NO3/c1-12(2,3)16-11(15)10(13)8-4-6-9(14)7-5-8/h8,10H,4-7,13H2,1-3H3.